The van der Waals surface area contributed by atoms with Gasteiger partial charge in [0.2, 0.25) is 0 Å². The molecule has 0 atom stereocenters. The Labute approximate surface area is 210 Å². The van der Waals surface area contributed by atoms with E-state index in [1.807, 2.05) is 66.9 Å². The number of hydrogen-bond donors (Lipinski definition) is 0. The number of carbonyl (C=O) groups excluding carboxylic acids is 1. The zero-order chi connectivity index (χ0) is 22.7. The van der Waals surface area contributed by atoms with Gasteiger partial charge < -0.3 is 4.74 Å². The summed E-state index contributed by atoms with van der Waals surface area (Å²) in [7, 11) is 0. The number of hydrogen-bond acceptors (Lipinski definition) is 5. The Bertz CT molecular complexity index is 1230. The van der Waals surface area contributed by atoms with E-state index >= 15 is 0 Å². The van der Waals surface area contributed by atoms with Gasteiger partial charge in [0, 0.05) is 20.5 Å². The van der Waals surface area contributed by atoms with Crippen LogP contribution in [0.15, 0.2) is 76.5 Å². The Balaban J connectivity index is 1.51. The molecule has 1 heterocycles. The van der Waals surface area contributed by atoms with E-state index in [1.54, 1.807) is 28.8 Å². The molecule has 4 rings (SSSR count). The maximum Gasteiger partial charge on any atom is 0.270 e. The van der Waals surface area contributed by atoms with Crippen LogP contribution < -0.4 is 9.64 Å². The molecule has 3 nitrogen and oxygen atoms in total. The lowest BCUT2D eigenvalue weighted by Gasteiger charge is -2.15. The fourth-order valence-corrected chi connectivity index (χ4v) is 5.30. The molecule has 3 aromatic rings. The Hall–Kier alpha value is -1.96. The summed E-state index contributed by atoms with van der Waals surface area (Å²) in [6, 6.07) is 20.6. The predicted octanol–water partition coefficient (Wildman–Crippen LogP) is 7.70. The summed E-state index contributed by atoms with van der Waals surface area (Å²) in [6.45, 7) is 0.313. The van der Waals surface area contributed by atoms with Crippen LogP contribution in [-0.4, -0.2) is 16.5 Å². The van der Waals surface area contributed by atoms with Crippen LogP contribution >= 0.6 is 58.9 Å². The average molecular weight is 519 g/mol. The van der Waals surface area contributed by atoms with Crippen molar-refractivity contribution >= 4 is 80.9 Å². The zero-order valence-corrected chi connectivity index (χ0v) is 20.8. The fraction of sp³-hybridized carbons (Fsp3) is 0.0833. The number of amides is 1. The highest BCUT2D eigenvalue weighted by Gasteiger charge is 2.33. The van der Waals surface area contributed by atoms with Gasteiger partial charge in [-0.05, 0) is 60.4 Å². The van der Waals surface area contributed by atoms with Gasteiger partial charge >= 0.3 is 0 Å². The lowest BCUT2D eigenvalue weighted by molar-refractivity contribution is -0.113. The summed E-state index contributed by atoms with van der Waals surface area (Å²) >= 11 is 20.6. The number of ether oxygens (including phenoxy) is 1. The molecule has 3 aromatic carbocycles. The van der Waals surface area contributed by atoms with Crippen LogP contribution in [0.1, 0.15) is 11.1 Å². The highest BCUT2D eigenvalue weighted by molar-refractivity contribution is 8.27. The number of thiocarbonyl (C=S) groups is 1. The molecule has 1 aliphatic heterocycles. The number of carbonyl (C=O) groups is 1. The van der Waals surface area contributed by atoms with Crippen molar-refractivity contribution < 1.29 is 9.53 Å². The quantitative estimate of drug-likeness (QED) is 0.190. The second-order valence-corrected chi connectivity index (χ2v) is 10.2. The van der Waals surface area contributed by atoms with Gasteiger partial charge in [-0.1, -0.05) is 71.4 Å². The Kier molecular flexibility index (Phi) is 7.48. The first kappa shape index (κ1) is 23.2. The summed E-state index contributed by atoms with van der Waals surface area (Å²) < 4.78 is 6.41. The number of benzene rings is 3. The van der Waals surface area contributed by atoms with E-state index in [9.17, 15) is 4.79 Å². The standard InChI is InChI=1S/C24H17Cl2NO2S3/c1-31-20-7-3-5-18(13-20)27-23(28)22(32-24(27)30)11-15-4-2-6-19(10-15)29-14-16-8-9-17(25)12-21(16)26/h2-13H,14H2,1H3/b22-11+. The highest BCUT2D eigenvalue weighted by atomic mass is 35.5. The molecular formula is C24H17Cl2NO2S3. The van der Waals surface area contributed by atoms with Crippen molar-refractivity contribution in [1.29, 1.82) is 0 Å². The van der Waals surface area contributed by atoms with E-state index in [4.69, 9.17) is 40.2 Å². The number of halogens is 2. The van der Waals surface area contributed by atoms with Gasteiger partial charge in [0.1, 0.15) is 12.4 Å². The second-order valence-electron chi connectivity index (χ2n) is 6.82. The Morgan fingerprint density at radius 3 is 2.69 bits per heavy atom. The van der Waals surface area contributed by atoms with Crippen LogP contribution in [0.25, 0.3) is 6.08 Å². The van der Waals surface area contributed by atoms with Gasteiger partial charge in [0.25, 0.3) is 5.91 Å². The molecule has 0 radical (unpaired) electrons. The minimum atomic E-state index is -0.127. The number of nitrogens with zero attached hydrogens (tertiary/aromatic N) is 1. The lowest BCUT2D eigenvalue weighted by Crippen LogP contribution is -2.27. The van der Waals surface area contributed by atoms with Crippen molar-refractivity contribution in [2.75, 3.05) is 11.2 Å². The zero-order valence-electron chi connectivity index (χ0n) is 16.9. The first-order valence-corrected chi connectivity index (χ1v) is 12.7. The highest BCUT2D eigenvalue weighted by Crippen LogP contribution is 2.37. The van der Waals surface area contributed by atoms with Crippen molar-refractivity contribution in [2.45, 2.75) is 11.5 Å². The van der Waals surface area contributed by atoms with E-state index in [0.717, 1.165) is 21.7 Å². The van der Waals surface area contributed by atoms with Gasteiger partial charge in [-0.15, -0.1) is 11.8 Å². The van der Waals surface area contributed by atoms with Crippen LogP contribution in [0, 0.1) is 0 Å². The van der Waals surface area contributed by atoms with Crippen LogP contribution in [0.3, 0.4) is 0 Å². The summed E-state index contributed by atoms with van der Waals surface area (Å²) in [5.41, 5.74) is 2.47. The molecule has 0 bridgehead atoms. The molecule has 1 fully saturated rings. The molecule has 0 spiro atoms. The molecule has 8 heteroatoms. The molecule has 1 saturated heterocycles. The van der Waals surface area contributed by atoms with Crippen molar-refractivity contribution in [2.24, 2.45) is 0 Å². The number of rotatable bonds is 6. The third kappa shape index (κ3) is 5.33. The monoisotopic (exact) mass is 517 g/mol. The molecule has 1 amide bonds. The van der Waals surface area contributed by atoms with Crippen molar-refractivity contribution in [3.05, 3.63) is 92.8 Å². The van der Waals surface area contributed by atoms with E-state index in [-0.39, 0.29) is 5.91 Å². The number of anilines is 1. The van der Waals surface area contributed by atoms with E-state index < -0.39 is 0 Å². The first-order chi connectivity index (χ1) is 15.4. The number of thioether (sulfide) groups is 2. The topological polar surface area (TPSA) is 29.5 Å². The van der Waals surface area contributed by atoms with Crippen LogP contribution in [0.2, 0.25) is 10.0 Å². The van der Waals surface area contributed by atoms with Gasteiger partial charge in [0.15, 0.2) is 4.32 Å². The Morgan fingerprint density at radius 1 is 1.09 bits per heavy atom. The van der Waals surface area contributed by atoms with Crippen LogP contribution in [0.4, 0.5) is 5.69 Å². The summed E-state index contributed by atoms with van der Waals surface area (Å²) in [6.07, 6.45) is 3.83. The maximum absolute atomic E-state index is 13.1. The molecule has 0 N–H and O–H groups in total. The van der Waals surface area contributed by atoms with Crippen molar-refractivity contribution in [3.63, 3.8) is 0 Å². The third-order valence-corrected chi connectivity index (χ3v) is 7.28. The molecule has 0 saturated carbocycles. The maximum atomic E-state index is 13.1. The SMILES string of the molecule is CSc1cccc(N2C(=O)/C(=C\c3cccc(OCc4ccc(Cl)cc4Cl)c3)SC2=S)c1. The summed E-state index contributed by atoms with van der Waals surface area (Å²) in [5.74, 6) is 0.547. The minimum Gasteiger partial charge on any atom is -0.489 e. The van der Waals surface area contributed by atoms with Crippen molar-refractivity contribution in [1.82, 2.24) is 0 Å². The molecule has 0 aliphatic carbocycles. The van der Waals surface area contributed by atoms with E-state index in [2.05, 4.69) is 0 Å². The average Bonchev–Trinajstić information content (AvgIpc) is 3.06. The second kappa shape index (κ2) is 10.3. The third-order valence-electron chi connectivity index (χ3n) is 4.67. The molecule has 0 aromatic heterocycles. The van der Waals surface area contributed by atoms with E-state index in [1.165, 1.54) is 11.8 Å². The predicted molar refractivity (Wildman–Crippen MR) is 141 cm³/mol. The smallest absolute Gasteiger partial charge is 0.270 e. The molecule has 32 heavy (non-hydrogen) atoms. The van der Waals surface area contributed by atoms with Gasteiger partial charge in [-0.2, -0.15) is 0 Å². The van der Waals surface area contributed by atoms with Gasteiger partial charge in [-0.25, -0.2) is 0 Å². The summed E-state index contributed by atoms with van der Waals surface area (Å²) in [4.78, 5) is 16.3. The van der Waals surface area contributed by atoms with E-state index in [0.29, 0.717) is 31.6 Å². The van der Waals surface area contributed by atoms with Crippen LogP contribution in [0.5, 0.6) is 5.75 Å². The van der Waals surface area contributed by atoms with Crippen molar-refractivity contribution in [3.8, 4) is 5.75 Å². The van der Waals surface area contributed by atoms with Gasteiger partial charge in [-0.3, -0.25) is 9.69 Å². The normalized spacial score (nSPS) is 15.0. The largest absolute Gasteiger partial charge is 0.489 e. The molecular weight excluding hydrogens is 501 g/mol. The molecule has 1 aliphatic rings. The first-order valence-electron chi connectivity index (χ1n) is 9.53. The molecule has 162 valence electrons. The fourth-order valence-electron chi connectivity index (χ4n) is 3.09. The lowest BCUT2D eigenvalue weighted by atomic mass is 10.2. The summed E-state index contributed by atoms with van der Waals surface area (Å²) in [5, 5.41) is 1.14. The molecule has 0 unspecified atom stereocenters. The van der Waals surface area contributed by atoms with Gasteiger partial charge in [0.05, 0.1) is 10.6 Å². The minimum absolute atomic E-state index is 0.127. The Morgan fingerprint density at radius 2 is 1.91 bits per heavy atom. The van der Waals surface area contributed by atoms with Crippen LogP contribution in [-0.2, 0) is 11.4 Å².